The number of nitrogens with one attached hydrogen (secondary N) is 1. The zero-order chi connectivity index (χ0) is 15.4. The summed E-state index contributed by atoms with van der Waals surface area (Å²) in [6.45, 7) is 3.80. The first kappa shape index (κ1) is 15.8. The maximum Gasteiger partial charge on any atom is 0.348 e. The molecule has 5 nitrogen and oxygen atoms in total. The van der Waals surface area contributed by atoms with Crippen LogP contribution in [0.25, 0.3) is 0 Å². The fraction of sp³-hybridized carbons (Fsp3) is 0.600. The summed E-state index contributed by atoms with van der Waals surface area (Å²) in [5.41, 5.74) is 6.97. The average Bonchev–Trinajstić information content (AvgIpc) is 2.75. The number of ether oxygens (including phenoxy) is 1. The maximum absolute atomic E-state index is 12.4. The molecular formula is C15H22N2O3S. The van der Waals surface area contributed by atoms with Gasteiger partial charge in [-0.05, 0) is 32.3 Å². The highest BCUT2D eigenvalue weighted by atomic mass is 32.1. The number of nitrogens with two attached hydrogens (primary N) is 1. The second-order valence-corrected chi connectivity index (χ2v) is 6.38. The Labute approximate surface area is 128 Å². The number of rotatable bonds is 4. The lowest BCUT2D eigenvalue weighted by atomic mass is 9.95. The molecule has 1 saturated carbocycles. The summed E-state index contributed by atoms with van der Waals surface area (Å²) < 4.78 is 4.99. The molecule has 0 bridgehead atoms. The molecule has 1 aliphatic carbocycles. The summed E-state index contributed by atoms with van der Waals surface area (Å²) in [6, 6.07) is 0.219. The van der Waals surface area contributed by atoms with Crippen LogP contribution in [0.4, 0.5) is 5.00 Å². The van der Waals surface area contributed by atoms with Crippen LogP contribution in [-0.4, -0.2) is 24.5 Å². The van der Waals surface area contributed by atoms with Crippen molar-refractivity contribution in [2.75, 3.05) is 12.3 Å². The quantitative estimate of drug-likeness (QED) is 0.838. The van der Waals surface area contributed by atoms with Crippen molar-refractivity contribution < 1.29 is 14.3 Å². The smallest absolute Gasteiger partial charge is 0.348 e. The van der Waals surface area contributed by atoms with Crippen molar-refractivity contribution in [2.45, 2.75) is 52.0 Å². The Bertz CT molecular complexity index is 533. The highest BCUT2D eigenvalue weighted by Gasteiger charge is 2.25. The van der Waals surface area contributed by atoms with Crippen molar-refractivity contribution in [2.24, 2.45) is 0 Å². The molecule has 1 fully saturated rings. The maximum atomic E-state index is 12.4. The van der Waals surface area contributed by atoms with Crippen LogP contribution in [0.15, 0.2) is 0 Å². The van der Waals surface area contributed by atoms with Gasteiger partial charge in [0.25, 0.3) is 5.91 Å². The molecule has 1 aromatic rings. The van der Waals surface area contributed by atoms with Gasteiger partial charge < -0.3 is 15.8 Å². The van der Waals surface area contributed by atoms with E-state index >= 15 is 0 Å². The topological polar surface area (TPSA) is 81.4 Å². The molecule has 0 atom stereocenters. The Morgan fingerprint density at radius 2 is 2.00 bits per heavy atom. The molecule has 0 aliphatic heterocycles. The van der Waals surface area contributed by atoms with Crippen LogP contribution >= 0.6 is 11.3 Å². The van der Waals surface area contributed by atoms with Crippen LogP contribution < -0.4 is 11.1 Å². The van der Waals surface area contributed by atoms with Crippen molar-refractivity contribution in [3.63, 3.8) is 0 Å². The molecule has 0 spiro atoms. The monoisotopic (exact) mass is 310 g/mol. The Morgan fingerprint density at radius 3 is 2.62 bits per heavy atom. The van der Waals surface area contributed by atoms with Crippen LogP contribution in [0.2, 0.25) is 0 Å². The molecular weight excluding hydrogens is 288 g/mol. The molecule has 6 heteroatoms. The highest BCUT2D eigenvalue weighted by Crippen LogP contribution is 2.31. The fourth-order valence-electron chi connectivity index (χ4n) is 2.71. The summed E-state index contributed by atoms with van der Waals surface area (Å²) in [4.78, 5) is 24.7. The van der Waals surface area contributed by atoms with Gasteiger partial charge >= 0.3 is 5.97 Å². The van der Waals surface area contributed by atoms with Crippen LogP contribution in [0.5, 0.6) is 0 Å². The van der Waals surface area contributed by atoms with Crippen LogP contribution in [0.3, 0.4) is 0 Å². The van der Waals surface area contributed by atoms with Crippen molar-refractivity contribution in [1.82, 2.24) is 5.32 Å². The van der Waals surface area contributed by atoms with Crippen molar-refractivity contribution in [3.8, 4) is 0 Å². The van der Waals surface area contributed by atoms with E-state index in [9.17, 15) is 9.59 Å². The summed E-state index contributed by atoms with van der Waals surface area (Å²) >= 11 is 1.12. The van der Waals surface area contributed by atoms with E-state index in [0.717, 1.165) is 37.0 Å². The van der Waals surface area contributed by atoms with E-state index in [1.54, 1.807) is 13.8 Å². The summed E-state index contributed by atoms with van der Waals surface area (Å²) in [5, 5.41) is 3.42. The number of carbonyl (C=O) groups is 2. The standard InChI is InChI=1S/C15H22N2O3S/c1-3-20-15(19)12-9(2)11(13(16)21-12)14(18)17-10-7-5-4-6-8-10/h10H,3-8,16H2,1-2H3,(H,17,18). The van der Waals surface area contributed by atoms with Crippen LogP contribution in [-0.2, 0) is 4.74 Å². The Kier molecular flexibility index (Phi) is 5.22. The van der Waals surface area contributed by atoms with E-state index < -0.39 is 5.97 Å². The number of hydrogen-bond donors (Lipinski definition) is 2. The van der Waals surface area contributed by atoms with E-state index in [1.807, 2.05) is 0 Å². The molecule has 1 heterocycles. The van der Waals surface area contributed by atoms with E-state index in [-0.39, 0.29) is 11.9 Å². The normalized spacial score (nSPS) is 15.7. The number of esters is 1. The summed E-state index contributed by atoms with van der Waals surface area (Å²) in [7, 11) is 0. The predicted octanol–water partition coefficient (Wildman–Crippen LogP) is 2.88. The first-order chi connectivity index (χ1) is 10.0. The van der Waals surface area contributed by atoms with E-state index in [4.69, 9.17) is 10.5 Å². The molecule has 0 radical (unpaired) electrons. The predicted molar refractivity (Wildman–Crippen MR) is 83.8 cm³/mol. The van der Waals surface area contributed by atoms with Gasteiger partial charge in [0, 0.05) is 6.04 Å². The van der Waals surface area contributed by atoms with Gasteiger partial charge in [-0.3, -0.25) is 4.79 Å². The fourth-order valence-corrected chi connectivity index (χ4v) is 3.68. The van der Waals surface area contributed by atoms with Gasteiger partial charge in [0.2, 0.25) is 0 Å². The van der Waals surface area contributed by atoms with Gasteiger partial charge in [0.05, 0.1) is 17.2 Å². The van der Waals surface area contributed by atoms with E-state index in [0.29, 0.717) is 27.6 Å². The number of thiophene rings is 1. The third-order valence-electron chi connectivity index (χ3n) is 3.80. The number of carbonyl (C=O) groups excluding carboxylic acids is 2. The molecule has 1 aliphatic rings. The molecule has 3 N–H and O–H groups in total. The molecule has 0 aromatic carbocycles. The van der Waals surface area contributed by atoms with E-state index in [1.165, 1.54) is 6.42 Å². The highest BCUT2D eigenvalue weighted by molar-refractivity contribution is 7.18. The van der Waals surface area contributed by atoms with Crippen molar-refractivity contribution in [1.29, 1.82) is 0 Å². The number of amides is 1. The molecule has 21 heavy (non-hydrogen) atoms. The summed E-state index contributed by atoms with van der Waals surface area (Å²) in [6.07, 6.45) is 5.56. The lowest BCUT2D eigenvalue weighted by Crippen LogP contribution is -2.36. The Hall–Kier alpha value is -1.56. The minimum absolute atomic E-state index is 0.177. The SMILES string of the molecule is CCOC(=O)c1sc(N)c(C(=O)NC2CCCCC2)c1C. The molecule has 1 aromatic heterocycles. The zero-order valence-corrected chi connectivity index (χ0v) is 13.3. The number of anilines is 1. The Balaban J connectivity index is 2.15. The lowest BCUT2D eigenvalue weighted by Gasteiger charge is -2.22. The number of nitrogen functional groups attached to an aromatic ring is 1. The van der Waals surface area contributed by atoms with Gasteiger partial charge in [-0.2, -0.15) is 0 Å². The first-order valence-corrected chi connectivity index (χ1v) is 8.23. The third-order valence-corrected chi connectivity index (χ3v) is 4.90. The first-order valence-electron chi connectivity index (χ1n) is 7.41. The molecule has 0 unspecified atom stereocenters. The van der Waals surface area contributed by atoms with Gasteiger partial charge in [-0.25, -0.2) is 4.79 Å². The molecule has 0 saturated heterocycles. The van der Waals surface area contributed by atoms with Gasteiger partial charge in [0.1, 0.15) is 4.88 Å². The molecule has 1 amide bonds. The summed E-state index contributed by atoms with van der Waals surface area (Å²) in [5.74, 6) is -0.591. The molecule has 116 valence electrons. The largest absolute Gasteiger partial charge is 0.462 e. The van der Waals surface area contributed by atoms with Crippen molar-refractivity contribution >= 4 is 28.2 Å². The minimum atomic E-state index is -0.414. The minimum Gasteiger partial charge on any atom is -0.462 e. The van der Waals surface area contributed by atoms with Crippen molar-refractivity contribution in [3.05, 3.63) is 16.0 Å². The lowest BCUT2D eigenvalue weighted by molar-refractivity contribution is 0.0531. The third kappa shape index (κ3) is 3.56. The van der Waals surface area contributed by atoms with Gasteiger partial charge in [-0.1, -0.05) is 19.3 Å². The molecule has 2 rings (SSSR count). The zero-order valence-electron chi connectivity index (χ0n) is 12.5. The van der Waals surface area contributed by atoms with Gasteiger partial charge in [0.15, 0.2) is 0 Å². The average molecular weight is 310 g/mol. The van der Waals surface area contributed by atoms with Crippen LogP contribution in [0.1, 0.15) is 64.6 Å². The second kappa shape index (κ2) is 6.93. The van der Waals surface area contributed by atoms with Crippen LogP contribution in [0, 0.1) is 6.92 Å². The van der Waals surface area contributed by atoms with E-state index in [2.05, 4.69) is 5.32 Å². The van der Waals surface area contributed by atoms with Gasteiger partial charge in [-0.15, -0.1) is 11.3 Å². The second-order valence-electron chi connectivity index (χ2n) is 5.32. The number of hydrogen-bond acceptors (Lipinski definition) is 5. The Morgan fingerprint density at radius 1 is 1.33 bits per heavy atom.